The summed E-state index contributed by atoms with van der Waals surface area (Å²) in [6.45, 7) is 8.00. The quantitative estimate of drug-likeness (QED) is 0.239. The highest BCUT2D eigenvalue weighted by Gasteiger charge is 2.23. The highest BCUT2D eigenvalue weighted by atomic mass is 31.2. The second-order valence-corrected chi connectivity index (χ2v) is 10.5. The maximum atomic E-state index is 12.5. The Hall–Kier alpha value is -3.32. The van der Waals surface area contributed by atoms with Gasteiger partial charge in [-0.25, -0.2) is 4.79 Å². The lowest BCUT2D eigenvalue weighted by Crippen LogP contribution is -2.15. The first-order valence-corrected chi connectivity index (χ1v) is 13.9. The van der Waals surface area contributed by atoms with Crippen LogP contribution in [-0.2, 0) is 35.2 Å². The van der Waals surface area contributed by atoms with Crippen molar-refractivity contribution in [2.24, 2.45) is 0 Å². The lowest BCUT2D eigenvalue weighted by atomic mass is 9.86. The van der Waals surface area contributed by atoms with Crippen LogP contribution < -0.4 is 10.1 Å². The topological polar surface area (TPSA) is 125 Å². The molecule has 3 aromatic carbocycles. The van der Waals surface area contributed by atoms with Crippen molar-refractivity contribution in [1.82, 2.24) is 0 Å². The van der Waals surface area contributed by atoms with Crippen LogP contribution in [0.25, 0.3) is 0 Å². The lowest BCUT2D eigenvalue weighted by Gasteiger charge is -2.24. The third-order valence-corrected chi connectivity index (χ3v) is 6.82. The molecule has 3 rings (SSSR count). The molecule has 0 heterocycles. The fraction of sp³-hybridized carbons (Fsp3) is 0.321. The van der Waals surface area contributed by atoms with Crippen LogP contribution in [0.1, 0.15) is 52.8 Å². The predicted molar refractivity (Wildman–Crippen MR) is 143 cm³/mol. The van der Waals surface area contributed by atoms with Gasteiger partial charge in [0.15, 0.2) is 6.35 Å². The Morgan fingerprint density at radius 2 is 1.57 bits per heavy atom. The standard InChI is InChI=1S/C28H34NO7P/c1-5-23-18(3)25(19(4)24(6-2)27(23)36-17-37(32,33)34)14-21-12-13-22(30)15-26(21)29-28(31)35-16-20-10-8-7-9-11-20/h7-13,15,30H,5-6,14,16-17H2,1-4H3,(H,29,31)(H2,32,33,34). The number of hydrogen-bond acceptors (Lipinski definition) is 5. The van der Waals surface area contributed by atoms with E-state index in [2.05, 4.69) is 5.32 Å². The van der Waals surface area contributed by atoms with E-state index in [9.17, 15) is 24.3 Å². The second kappa shape index (κ2) is 12.3. The van der Waals surface area contributed by atoms with Gasteiger partial charge in [-0.15, -0.1) is 0 Å². The average Bonchev–Trinajstić information content (AvgIpc) is 2.85. The van der Waals surface area contributed by atoms with Crippen LogP contribution in [-0.4, -0.2) is 27.3 Å². The zero-order chi connectivity index (χ0) is 27.2. The van der Waals surface area contributed by atoms with Gasteiger partial charge in [0.1, 0.15) is 18.1 Å². The Kier molecular flexibility index (Phi) is 9.38. The first kappa shape index (κ1) is 28.3. The summed E-state index contributed by atoms with van der Waals surface area (Å²) < 4.78 is 22.5. The maximum absolute atomic E-state index is 12.5. The number of benzene rings is 3. The summed E-state index contributed by atoms with van der Waals surface area (Å²) in [5.74, 6) is 0.542. The third kappa shape index (κ3) is 7.35. The van der Waals surface area contributed by atoms with Gasteiger partial charge in [0, 0.05) is 12.5 Å². The van der Waals surface area contributed by atoms with E-state index in [4.69, 9.17) is 9.47 Å². The summed E-state index contributed by atoms with van der Waals surface area (Å²) >= 11 is 0. The third-order valence-electron chi connectivity index (χ3n) is 6.35. The van der Waals surface area contributed by atoms with E-state index in [0.29, 0.717) is 30.7 Å². The lowest BCUT2D eigenvalue weighted by molar-refractivity contribution is 0.155. The van der Waals surface area contributed by atoms with Gasteiger partial charge in [-0.2, -0.15) is 0 Å². The number of hydrogen-bond donors (Lipinski definition) is 4. The Morgan fingerprint density at radius 3 is 2.14 bits per heavy atom. The van der Waals surface area contributed by atoms with Gasteiger partial charge in [0.25, 0.3) is 0 Å². The minimum absolute atomic E-state index is 0.0141. The number of amides is 1. The molecule has 0 aliphatic heterocycles. The van der Waals surface area contributed by atoms with Gasteiger partial charge >= 0.3 is 13.7 Å². The van der Waals surface area contributed by atoms with Crippen molar-refractivity contribution in [3.63, 3.8) is 0 Å². The van der Waals surface area contributed by atoms with Crippen LogP contribution in [0.15, 0.2) is 48.5 Å². The van der Waals surface area contributed by atoms with Crippen molar-refractivity contribution < 1.29 is 33.7 Å². The Bertz CT molecular complexity index is 1270. The van der Waals surface area contributed by atoms with Gasteiger partial charge in [-0.05, 0) is 71.7 Å². The van der Waals surface area contributed by atoms with E-state index in [1.165, 1.54) is 6.07 Å². The molecule has 0 spiro atoms. The fourth-order valence-corrected chi connectivity index (χ4v) is 4.80. The molecule has 8 nitrogen and oxygen atoms in total. The van der Waals surface area contributed by atoms with Crippen LogP contribution in [0.3, 0.4) is 0 Å². The molecule has 0 radical (unpaired) electrons. The molecule has 4 N–H and O–H groups in total. The summed E-state index contributed by atoms with van der Waals surface area (Å²) in [6.07, 6.45) is 0.395. The number of phenols is 1. The Labute approximate surface area is 217 Å². The molecule has 0 bridgehead atoms. The maximum Gasteiger partial charge on any atom is 0.411 e. The molecule has 0 aliphatic carbocycles. The smallest absolute Gasteiger partial charge is 0.411 e. The van der Waals surface area contributed by atoms with Gasteiger partial charge in [0.2, 0.25) is 0 Å². The molecule has 9 heteroatoms. The van der Waals surface area contributed by atoms with E-state index in [1.807, 2.05) is 58.0 Å². The summed E-state index contributed by atoms with van der Waals surface area (Å²) in [5.41, 5.74) is 6.82. The number of rotatable bonds is 10. The van der Waals surface area contributed by atoms with Crippen molar-refractivity contribution in [1.29, 1.82) is 0 Å². The van der Waals surface area contributed by atoms with Crippen LogP contribution in [0.5, 0.6) is 11.5 Å². The first-order chi connectivity index (χ1) is 17.5. The molecule has 3 aromatic rings. The minimum atomic E-state index is -4.34. The molecular formula is C28H34NO7P. The van der Waals surface area contributed by atoms with Crippen LogP contribution >= 0.6 is 7.60 Å². The number of ether oxygens (including phenoxy) is 2. The van der Waals surface area contributed by atoms with Crippen molar-refractivity contribution in [2.75, 3.05) is 11.7 Å². The Morgan fingerprint density at radius 1 is 0.946 bits per heavy atom. The molecule has 0 unspecified atom stereocenters. The molecular weight excluding hydrogens is 493 g/mol. The molecule has 0 saturated carbocycles. The normalized spacial score (nSPS) is 11.3. The van der Waals surface area contributed by atoms with Gasteiger partial charge in [-0.3, -0.25) is 9.88 Å². The number of nitrogens with one attached hydrogen (secondary N) is 1. The number of carbonyl (C=O) groups is 1. The van der Waals surface area contributed by atoms with Gasteiger partial charge in [-0.1, -0.05) is 50.2 Å². The second-order valence-electron chi connectivity index (χ2n) is 8.86. The molecule has 0 atom stereocenters. The monoisotopic (exact) mass is 527 g/mol. The molecule has 0 aliphatic rings. The summed E-state index contributed by atoms with van der Waals surface area (Å²) in [5, 5.41) is 12.8. The van der Waals surface area contributed by atoms with Crippen molar-refractivity contribution >= 4 is 19.4 Å². The SMILES string of the molecule is CCc1c(C)c(Cc2ccc(O)cc2NC(=O)OCc2ccccc2)c(C)c(CC)c1OCP(=O)(O)O. The highest BCUT2D eigenvalue weighted by Crippen LogP contribution is 2.40. The van der Waals surface area contributed by atoms with Gasteiger partial charge < -0.3 is 24.4 Å². The Balaban J connectivity index is 1.92. The van der Waals surface area contributed by atoms with Crippen LogP contribution in [0, 0.1) is 13.8 Å². The van der Waals surface area contributed by atoms with E-state index >= 15 is 0 Å². The van der Waals surface area contributed by atoms with Crippen molar-refractivity contribution in [3.8, 4) is 11.5 Å². The van der Waals surface area contributed by atoms with E-state index < -0.39 is 20.0 Å². The summed E-state index contributed by atoms with van der Waals surface area (Å²) in [6, 6.07) is 14.2. The molecule has 0 fully saturated rings. The zero-order valence-corrected chi connectivity index (χ0v) is 22.5. The number of phenolic OH excluding ortho intramolecular Hbond substituents is 1. The highest BCUT2D eigenvalue weighted by molar-refractivity contribution is 7.51. The molecule has 0 aromatic heterocycles. The molecule has 0 saturated heterocycles. The zero-order valence-electron chi connectivity index (χ0n) is 21.6. The van der Waals surface area contributed by atoms with Gasteiger partial charge in [0.05, 0.1) is 5.69 Å². The first-order valence-electron chi connectivity index (χ1n) is 12.1. The van der Waals surface area contributed by atoms with E-state index in [1.54, 1.807) is 12.1 Å². The number of aromatic hydroxyl groups is 1. The fourth-order valence-electron chi connectivity index (χ4n) is 4.50. The summed E-state index contributed by atoms with van der Waals surface area (Å²) in [4.78, 5) is 31.2. The largest absolute Gasteiger partial charge is 0.508 e. The number of anilines is 1. The van der Waals surface area contributed by atoms with Crippen LogP contribution in [0.2, 0.25) is 0 Å². The minimum Gasteiger partial charge on any atom is -0.508 e. The molecule has 198 valence electrons. The molecule has 37 heavy (non-hydrogen) atoms. The van der Waals surface area contributed by atoms with Crippen LogP contribution in [0.4, 0.5) is 10.5 Å². The summed E-state index contributed by atoms with van der Waals surface area (Å²) in [7, 11) is -4.34. The molecule has 1 amide bonds. The van der Waals surface area contributed by atoms with Crippen molar-refractivity contribution in [3.05, 3.63) is 87.5 Å². The number of carbonyl (C=O) groups excluding carboxylic acids is 1. The van der Waals surface area contributed by atoms with Crippen molar-refractivity contribution in [2.45, 2.75) is 53.6 Å². The van der Waals surface area contributed by atoms with E-state index in [0.717, 1.165) is 38.9 Å². The van der Waals surface area contributed by atoms with E-state index in [-0.39, 0.29) is 12.4 Å². The predicted octanol–water partition coefficient (Wildman–Crippen LogP) is 5.99. The average molecular weight is 528 g/mol.